The van der Waals surface area contributed by atoms with Crippen LogP contribution in [0, 0.1) is 12.8 Å². The lowest BCUT2D eigenvalue weighted by atomic mass is 9.96. The number of hydrogen-bond acceptors (Lipinski definition) is 4. The first-order valence-corrected chi connectivity index (χ1v) is 12.6. The Balaban J connectivity index is 1.41. The maximum Gasteiger partial charge on any atom is 0.294 e. The summed E-state index contributed by atoms with van der Waals surface area (Å²) < 4.78 is 1.81. The molecule has 6 nitrogen and oxygen atoms in total. The number of aryl methyl sites for hydroxylation is 1. The van der Waals surface area contributed by atoms with Gasteiger partial charge in [0, 0.05) is 13.1 Å². The SMILES string of the molecule is Cc1ccc(Cn2c(=O)c(N3CCC[C@@H](C(=O)N[C@H](C)c4ccccc4)C3)nc3ccccc32)cc1. The average molecular weight is 481 g/mol. The van der Waals surface area contributed by atoms with Gasteiger partial charge in [0.15, 0.2) is 5.82 Å². The minimum absolute atomic E-state index is 0.0248. The van der Waals surface area contributed by atoms with Gasteiger partial charge < -0.3 is 10.2 Å². The molecule has 3 aromatic carbocycles. The highest BCUT2D eigenvalue weighted by atomic mass is 16.2. The highest BCUT2D eigenvalue weighted by Gasteiger charge is 2.29. The van der Waals surface area contributed by atoms with Gasteiger partial charge in [0.25, 0.3) is 5.56 Å². The van der Waals surface area contributed by atoms with E-state index in [-0.39, 0.29) is 23.4 Å². The maximum absolute atomic E-state index is 13.8. The molecule has 36 heavy (non-hydrogen) atoms. The van der Waals surface area contributed by atoms with E-state index in [2.05, 4.69) is 36.5 Å². The summed E-state index contributed by atoms with van der Waals surface area (Å²) in [6.45, 7) is 5.73. The van der Waals surface area contributed by atoms with Crippen molar-refractivity contribution in [3.05, 3.63) is 106 Å². The van der Waals surface area contributed by atoms with E-state index in [1.54, 1.807) is 0 Å². The van der Waals surface area contributed by atoms with Crippen molar-refractivity contribution in [2.45, 2.75) is 39.3 Å². The van der Waals surface area contributed by atoms with Crippen molar-refractivity contribution in [2.75, 3.05) is 18.0 Å². The van der Waals surface area contributed by atoms with Gasteiger partial charge in [0.2, 0.25) is 5.91 Å². The smallest absolute Gasteiger partial charge is 0.294 e. The van der Waals surface area contributed by atoms with Crippen molar-refractivity contribution in [1.82, 2.24) is 14.9 Å². The first-order valence-electron chi connectivity index (χ1n) is 12.6. The Bertz CT molecular complexity index is 1410. The molecule has 5 rings (SSSR count). The van der Waals surface area contributed by atoms with E-state index in [9.17, 15) is 9.59 Å². The van der Waals surface area contributed by atoms with Crippen LogP contribution in [0.5, 0.6) is 0 Å². The normalized spacial score (nSPS) is 16.6. The fraction of sp³-hybridized carbons (Fsp3) is 0.300. The molecule has 0 aliphatic carbocycles. The minimum Gasteiger partial charge on any atom is -0.351 e. The van der Waals surface area contributed by atoms with Crippen LogP contribution in [0.15, 0.2) is 83.7 Å². The van der Waals surface area contributed by atoms with E-state index < -0.39 is 0 Å². The van der Waals surface area contributed by atoms with E-state index >= 15 is 0 Å². The number of anilines is 1. The predicted octanol–water partition coefficient (Wildman–Crippen LogP) is 4.85. The van der Waals surface area contributed by atoms with Crippen LogP contribution in [0.3, 0.4) is 0 Å². The van der Waals surface area contributed by atoms with Crippen LogP contribution in [0.2, 0.25) is 0 Å². The van der Waals surface area contributed by atoms with E-state index in [0.717, 1.165) is 35.0 Å². The van der Waals surface area contributed by atoms with Gasteiger partial charge >= 0.3 is 0 Å². The molecule has 1 fully saturated rings. The fourth-order valence-corrected chi connectivity index (χ4v) is 4.96. The zero-order chi connectivity index (χ0) is 25.1. The topological polar surface area (TPSA) is 67.2 Å². The van der Waals surface area contributed by atoms with Crippen LogP contribution in [0.1, 0.15) is 42.5 Å². The predicted molar refractivity (Wildman–Crippen MR) is 144 cm³/mol. The summed E-state index contributed by atoms with van der Waals surface area (Å²) >= 11 is 0. The van der Waals surface area contributed by atoms with Gasteiger partial charge in [0.05, 0.1) is 29.5 Å². The quantitative estimate of drug-likeness (QED) is 0.429. The lowest BCUT2D eigenvalue weighted by Gasteiger charge is -2.33. The number of carbonyl (C=O) groups is 1. The summed E-state index contributed by atoms with van der Waals surface area (Å²) in [6, 6.07) is 25.9. The summed E-state index contributed by atoms with van der Waals surface area (Å²) in [6.07, 6.45) is 1.64. The molecule has 4 aromatic rings. The summed E-state index contributed by atoms with van der Waals surface area (Å²) in [5, 5.41) is 3.16. The number of hydrogen-bond donors (Lipinski definition) is 1. The third-order valence-corrected chi connectivity index (χ3v) is 7.05. The number of para-hydroxylation sites is 2. The summed E-state index contributed by atoms with van der Waals surface area (Å²) in [4.78, 5) is 33.7. The summed E-state index contributed by atoms with van der Waals surface area (Å²) in [5.74, 6) is 0.259. The van der Waals surface area contributed by atoms with Gasteiger partial charge in [-0.3, -0.25) is 14.2 Å². The monoisotopic (exact) mass is 480 g/mol. The number of aromatic nitrogens is 2. The molecule has 1 aromatic heterocycles. The number of nitrogens with zero attached hydrogens (tertiary/aromatic N) is 3. The molecule has 0 unspecified atom stereocenters. The van der Waals surface area contributed by atoms with Crippen molar-refractivity contribution in [3.63, 3.8) is 0 Å². The van der Waals surface area contributed by atoms with E-state index in [1.165, 1.54) is 5.56 Å². The van der Waals surface area contributed by atoms with Gasteiger partial charge in [-0.2, -0.15) is 0 Å². The number of benzene rings is 3. The van der Waals surface area contributed by atoms with Crippen molar-refractivity contribution < 1.29 is 4.79 Å². The lowest BCUT2D eigenvalue weighted by Crippen LogP contribution is -2.46. The Hall–Kier alpha value is -3.93. The molecule has 1 amide bonds. The van der Waals surface area contributed by atoms with Crippen LogP contribution in [0.25, 0.3) is 11.0 Å². The largest absolute Gasteiger partial charge is 0.351 e. The van der Waals surface area contributed by atoms with Crippen molar-refractivity contribution in [1.29, 1.82) is 0 Å². The molecule has 0 bridgehead atoms. The van der Waals surface area contributed by atoms with Crippen LogP contribution in [-0.2, 0) is 11.3 Å². The molecular formula is C30H32N4O2. The van der Waals surface area contributed by atoms with E-state index in [1.807, 2.05) is 71.0 Å². The molecular weight excluding hydrogens is 448 g/mol. The van der Waals surface area contributed by atoms with Gasteiger partial charge in [-0.25, -0.2) is 4.98 Å². The molecule has 0 spiro atoms. The van der Waals surface area contributed by atoms with Crippen LogP contribution < -0.4 is 15.8 Å². The number of nitrogens with one attached hydrogen (secondary N) is 1. The van der Waals surface area contributed by atoms with Crippen molar-refractivity contribution >= 4 is 22.8 Å². The third-order valence-electron chi connectivity index (χ3n) is 7.05. The summed E-state index contributed by atoms with van der Waals surface area (Å²) in [5.41, 5.74) is 4.81. The molecule has 6 heteroatoms. The van der Waals surface area contributed by atoms with Gasteiger partial charge in [-0.15, -0.1) is 0 Å². The fourth-order valence-electron chi connectivity index (χ4n) is 4.96. The van der Waals surface area contributed by atoms with Crippen LogP contribution in [-0.4, -0.2) is 28.5 Å². The minimum atomic E-state index is -0.192. The Morgan fingerprint density at radius 2 is 1.75 bits per heavy atom. The second-order valence-corrected chi connectivity index (χ2v) is 9.73. The molecule has 1 saturated heterocycles. The maximum atomic E-state index is 13.8. The Morgan fingerprint density at radius 1 is 1.03 bits per heavy atom. The zero-order valence-corrected chi connectivity index (χ0v) is 20.9. The second-order valence-electron chi connectivity index (χ2n) is 9.73. The number of amides is 1. The van der Waals surface area contributed by atoms with Crippen LogP contribution >= 0.6 is 0 Å². The molecule has 2 atom stereocenters. The second kappa shape index (κ2) is 10.4. The molecule has 1 aliphatic rings. The molecule has 0 radical (unpaired) electrons. The van der Waals surface area contributed by atoms with Crippen LogP contribution in [0.4, 0.5) is 5.82 Å². The number of fused-ring (bicyclic) bond motifs is 1. The Labute approximate surface area is 211 Å². The van der Waals surface area contributed by atoms with Gasteiger partial charge in [-0.1, -0.05) is 72.3 Å². The number of carbonyl (C=O) groups excluding carboxylic acids is 1. The highest BCUT2D eigenvalue weighted by Crippen LogP contribution is 2.23. The molecule has 0 saturated carbocycles. The van der Waals surface area contributed by atoms with Gasteiger partial charge in [0.1, 0.15) is 0 Å². The van der Waals surface area contributed by atoms with E-state index in [4.69, 9.17) is 4.98 Å². The summed E-state index contributed by atoms with van der Waals surface area (Å²) in [7, 11) is 0. The third kappa shape index (κ3) is 5.03. The highest BCUT2D eigenvalue weighted by molar-refractivity contribution is 5.80. The van der Waals surface area contributed by atoms with E-state index in [0.29, 0.717) is 25.5 Å². The standard InChI is InChI=1S/C30H32N4O2/c1-21-14-16-23(17-15-21)19-34-27-13-7-6-12-26(27)32-28(30(34)36)33-18-8-11-25(20-33)29(35)31-22(2)24-9-4-3-5-10-24/h3-7,9-10,12-17,22,25H,8,11,18-20H2,1-2H3,(H,31,35)/t22-,25-/m1/s1. The molecule has 1 aliphatic heterocycles. The molecule has 2 heterocycles. The zero-order valence-electron chi connectivity index (χ0n) is 20.9. The lowest BCUT2D eigenvalue weighted by molar-refractivity contribution is -0.125. The number of rotatable bonds is 6. The van der Waals surface area contributed by atoms with Crippen molar-refractivity contribution in [2.24, 2.45) is 5.92 Å². The Morgan fingerprint density at radius 3 is 2.53 bits per heavy atom. The Kier molecular flexibility index (Phi) is 6.85. The first kappa shape index (κ1) is 23.8. The molecule has 184 valence electrons. The van der Waals surface area contributed by atoms with Gasteiger partial charge in [-0.05, 0) is 49.9 Å². The number of piperidine rings is 1. The average Bonchev–Trinajstić information content (AvgIpc) is 2.91. The first-order chi connectivity index (χ1) is 17.5. The van der Waals surface area contributed by atoms with Crippen molar-refractivity contribution in [3.8, 4) is 0 Å². The molecule has 1 N–H and O–H groups in total.